The van der Waals surface area contributed by atoms with Crippen LogP contribution in [-0.4, -0.2) is 37.4 Å². The number of rotatable bonds is 11. The first-order chi connectivity index (χ1) is 16.5. The molecule has 2 aliphatic heterocycles. The number of hydrogen-bond acceptors (Lipinski definition) is 6. The number of unbranched alkanes of at least 4 members (excludes halogenated alkanes) is 5. The van der Waals surface area contributed by atoms with E-state index in [0.29, 0.717) is 13.2 Å². The summed E-state index contributed by atoms with van der Waals surface area (Å²) in [4.78, 5) is 23.2. The second-order valence-electron chi connectivity index (χ2n) is 9.31. The molecule has 0 spiro atoms. The Morgan fingerprint density at radius 1 is 0.676 bits per heavy atom. The molecule has 0 aromatic heterocycles. The van der Waals surface area contributed by atoms with E-state index in [1.54, 1.807) is 12.2 Å². The first-order valence-corrected chi connectivity index (χ1v) is 12.3. The molecular formula is C28H34O6. The summed E-state index contributed by atoms with van der Waals surface area (Å²) in [7, 11) is 0. The average Bonchev–Trinajstić information content (AvgIpc) is 2.79. The molecule has 2 heterocycles. The summed E-state index contributed by atoms with van der Waals surface area (Å²) in [6, 6.07) is 0. The number of fused-ring (bicyclic) bond motifs is 2. The van der Waals surface area contributed by atoms with Crippen LogP contribution in [0.3, 0.4) is 0 Å². The Morgan fingerprint density at radius 2 is 1.09 bits per heavy atom. The standard InChI is InChI=1S/C28H34O6/c1-19-15-27(29)33-25-17-21(9-11-23(19)25)31-13-7-5-3-4-6-8-14-32-22-10-12-24-20(2)16-28(30)34-26(24)18-22/h9-12,15-18,23-26H,3-8,13-14H2,1-2H3. The average molecular weight is 467 g/mol. The number of allylic oxidation sites excluding steroid dienone is 2. The molecule has 4 rings (SSSR count). The van der Waals surface area contributed by atoms with Crippen LogP contribution in [0.25, 0.3) is 0 Å². The number of carbonyl (C=O) groups excluding carboxylic acids is 2. The quantitative estimate of drug-likeness (QED) is 0.306. The molecule has 6 heteroatoms. The van der Waals surface area contributed by atoms with Gasteiger partial charge < -0.3 is 18.9 Å². The molecule has 2 aliphatic carbocycles. The molecule has 0 aromatic carbocycles. The molecule has 0 radical (unpaired) electrons. The molecule has 4 aliphatic rings. The van der Waals surface area contributed by atoms with Crippen molar-refractivity contribution in [1.82, 2.24) is 0 Å². The molecule has 0 saturated carbocycles. The van der Waals surface area contributed by atoms with Crippen LogP contribution in [0.2, 0.25) is 0 Å². The predicted molar refractivity (Wildman–Crippen MR) is 128 cm³/mol. The molecule has 34 heavy (non-hydrogen) atoms. The highest BCUT2D eigenvalue weighted by molar-refractivity contribution is 5.85. The zero-order chi connectivity index (χ0) is 23.9. The molecule has 182 valence electrons. The van der Waals surface area contributed by atoms with E-state index >= 15 is 0 Å². The van der Waals surface area contributed by atoms with Gasteiger partial charge in [0.1, 0.15) is 23.7 Å². The minimum atomic E-state index is -0.280. The maximum atomic E-state index is 11.6. The second kappa shape index (κ2) is 11.4. The van der Waals surface area contributed by atoms with Gasteiger partial charge in [-0.25, -0.2) is 9.59 Å². The van der Waals surface area contributed by atoms with Crippen molar-refractivity contribution in [3.05, 3.63) is 71.3 Å². The van der Waals surface area contributed by atoms with Gasteiger partial charge >= 0.3 is 11.9 Å². The van der Waals surface area contributed by atoms with E-state index in [4.69, 9.17) is 18.9 Å². The zero-order valence-corrected chi connectivity index (χ0v) is 20.0. The zero-order valence-electron chi connectivity index (χ0n) is 20.0. The Bertz CT molecular complexity index is 885. The van der Waals surface area contributed by atoms with E-state index in [-0.39, 0.29) is 36.0 Å². The maximum Gasteiger partial charge on any atom is 0.331 e. The van der Waals surface area contributed by atoms with Crippen LogP contribution >= 0.6 is 0 Å². The van der Waals surface area contributed by atoms with Crippen LogP contribution in [0.4, 0.5) is 0 Å². The third-order valence-electron chi connectivity index (χ3n) is 6.62. The van der Waals surface area contributed by atoms with Gasteiger partial charge in [-0.15, -0.1) is 0 Å². The van der Waals surface area contributed by atoms with E-state index in [2.05, 4.69) is 12.2 Å². The fraction of sp³-hybridized carbons (Fsp3) is 0.500. The van der Waals surface area contributed by atoms with E-state index in [1.807, 2.05) is 38.2 Å². The maximum absolute atomic E-state index is 11.6. The second-order valence-corrected chi connectivity index (χ2v) is 9.31. The fourth-order valence-electron chi connectivity index (χ4n) is 4.68. The minimum absolute atomic E-state index is 0.127. The lowest BCUT2D eigenvalue weighted by atomic mass is 9.88. The molecule has 0 N–H and O–H groups in total. The van der Waals surface area contributed by atoms with Gasteiger partial charge in [-0.3, -0.25) is 0 Å². The number of esters is 2. The first-order valence-electron chi connectivity index (χ1n) is 12.3. The number of hydrogen-bond donors (Lipinski definition) is 0. The van der Waals surface area contributed by atoms with Crippen LogP contribution in [0, 0.1) is 11.8 Å². The summed E-state index contributed by atoms with van der Waals surface area (Å²) in [6.45, 7) is 5.25. The van der Waals surface area contributed by atoms with Crippen LogP contribution < -0.4 is 0 Å². The van der Waals surface area contributed by atoms with E-state index in [1.165, 1.54) is 12.8 Å². The molecule has 0 aromatic rings. The lowest BCUT2D eigenvalue weighted by molar-refractivity contribution is -0.144. The lowest BCUT2D eigenvalue weighted by Gasteiger charge is -2.29. The van der Waals surface area contributed by atoms with Crippen molar-refractivity contribution in [3.8, 4) is 0 Å². The minimum Gasteiger partial charge on any atom is -0.494 e. The van der Waals surface area contributed by atoms with Gasteiger partial charge in [-0.1, -0.05) is 49.0 Å². The van der Waals surface area contributed by atoms with Gasteiger partial charge in [0.2, 0.25) is 0 Å². The molecule has 0 saturated heterocycles. The topological polar surface area (TPSA) is 71.1 Å². The largest absolute Gasteiger partial charge is 0.494 e. The summed E-state index contributed by atoms with van der Waals surface area (Å²) in [5, 5.41) is 0. The van der Waals surface area contributed by atoms with Gasteiger partial charge in [0, 0.05) is 24.0 Å². The van der Waals surface area contributed by atoms with E-state index in [0.717, 1.165) is 48.3 Å². The van der Waals surface area contributed by atoms with E-state index in [9.17, 15) is 9.59 Å². The Balaban J connectivity index is 1.03. The molecule has 4 unspecified atom stereocenters. The van der Waals surface area contributed by atoms with Crippen molar-refractivity contribution >= 4 is 11.9 Å². The Labute approximate surface area is 201 Å². The predicted octanol–water partition coefficient (Wildman–Crippen LogP) is 5.24. The Kier molecular flexibility index (Phi) is 8.09. The summed E-state index contributed by atoms with van der Waals surface area (Å²) in [5.74, 6) is 1.26. The molecular weight excluding hydrogens is 432 g/mol. The third-order valence-corrected chi connectivity index (χ3v) is 6.62. The van der Waals surface area contributed by atoms with Crippen molar-refractivity contribution in [3.63, 3.8) is 0 Å². The monoisotopic (exact) mass is 466 g/mol. The van der Waals surface area contributed by atoms with Gasteiger partial charge in [-0.05, 0) is 51.0 Å². The SMILES string of the molecule is CC1=CC(=O)OC2C=C(OCCCCCCCCOC3=CC4OC(=O)C=C(C)C4C=C3)C=CC12. The third kappa shape index (κ3) is 6.31. The highest BCUT2D eigenvalue weighted by Gasteiger charge is 2.31. The summed E-state index contributed by atoms with van der Waals surface area (Å²) >= 11 is 0. The Hall–Kier alpha value is -3.02. The molecule has 0 fully saturated rings. The van der Waals surface area contributed by atoms with Gasteiger partial charge in [-0.2, -0.15) is 0 Å². The van der Waals surface area contributed by atoms with Crippen molar-refractivity contribution in [2.24, 2.45) is 11.8 Å². The van der Waals surface area contributed by atoms with Crippen LogP contribution in [-0.2, 0) is 28.5 Å². The normalized spacial score (nSPS) is 27.4. The van der Waals surface area contributed by atoms with Gasteiger partial charge in [0.15, 0.2) is 0 Å². The smallest absolute Gasteiger partial charge is 0.331 e. The summed E-state index contributed by atoms with van der Waals surface area (Å²) < 4.78 is 22.5. The van der Waals surface area contributed by atoms with Crippen molar-refractivity contribution in [1.29, 1.82) is 0 Å². The highest BCUT2D eigenvalue weighted by atomic mass is 16.6. The van der Waals surface area contributed by atoms with Crippen molar-refractivity contribution in [2.75, 3.05) is 13.2 Å². The van der Waals surface area contributed by atoms with Crippen molar-refractivity contribution in [2.45, 2.75) is 64.6 Å². The molecule has 0 amide bonds. The van der Waals surface area contributed by atoms with Gasteiger partial charge in [0.05, 0.1) is 13.2 Å². The summed E-state index contributed by atoms with van der Waals surface area (Å²) in [6.07, 6.45) is 21.1. The lowest BCUT2D eigenvalue weighted by Crippen LogP contribution is -2.31. The highest BCUT2D eigenvalue weighted by Crippen LogP contribution is 2.31. The Morgan fingerprint density at radius 3 is 1.53 bits per heavy atom. The fourth-order valence-corrected chi connectivity index (χ4v) is 4.68. The molecule has 4 atom stereocenters. The number of ether oxygens (including phenoxy) is 4. The first kappa shape index (κ1) is 24.1. The summed E-state index contributed by atoms with van der Waals surface area (Å²) in [5.41, 5.74) is 2.06. The van der Waals surface area contributed by atoms with Gasteiger partial charge in [0.25, 0.3) is 0 Å². The van der Waals surface area contributed by atoms with Crippen LogP contribution in [0.1, 0.15) is 52.4 Å². The van der Waals surface area contributed by atoms with E-state index < -0.39 is 0 Å². The molecule has 0 bridgehead atoms. The van der Waals surface area contributed by atoms with Crippen LogP contribution in [0.5, 0.6) is 0 Å². The molecule has 6 nitrogen and oxygen atoms in total. The van der Waals surface area contributed by atoms with Crippen LogP contribution in [0.15, 0.2) is 71.3 Å². The van der Waals surface area contributed by atoms with Crippen molar-refractivity contribution < 1.29 is 28.5 Å². The number of carbonyl (C=O) groups is 2.